The molecule has 19 heavy (non-hydrogen) atoms. The number of hydrogen-bond acceptors (Lipinski definition) is 4. The summed E-state index contributed by atoms with van der Waals surface area (Å²) in [6.45, 7) is 0. The predicted molar refractivity (Wildman–Crippen MR) is 78.3 cm³/mol. The molecule has 3 rings (SSSR count). The first-order valence-corrected chi connectivity index (χ1v) is 6.60. The quantitative estimate of drug-likeness (QED) is 0.843. The van der Waals surface area contributed by atoms with Crippen molar-refractivity contribution in [1.82, 2.24) is 5.32 Å². The van der Waals surface area contributed by atoms with Gasteiger partial charge in [0.2, 0.25) is 0 Å². The second-order valence-electron chi connectivity index (χ2n) is 5.37. The molecule has 100 valence electrons. The molecule has 4 nitrogen and oxygen atoms in total. The summed E-state index contributed by atoms with van der Waals surface area (Å²) in [5, 5.41) is 12.7. The highest BCUT2D eigenvalue weighted by Crippen LogP contribution is 2.29. The van der Waals surface area contributed by atoms with E-state index in [9.17, 15) is 5.11 Å². The summed E-state index contributed by atoms with van der Waals surface area (Å²) in [7, 11) is 4.07. The monoisotopic (exact) mass is 257 g/mol. The predicted octanol–water partition coefficient (Wildman–Crippen LogP) is 1.47. The van der Waals surface area contributed by atoms with Crippen molar-refractivity contribution in [2.75, 3.05) is 19.0 Å². The van der Waals surface area contributed by atoms with E-state index in [2.05, 4.69) is 45.6 Å². The second-order valence-corrected chi connectivity index (χ2v) is 5.37. The first-order valence-electron chi connectivity index (χ1n) is 6.60. The second kappa shape index (κ2) is 4.79. The number of nitrogens with zero attached hydrogens (tertiary/aromatic N) is 2. The van der Waals surface area contributed by atoms with Crippen LogP contribution in [0.15, 0.2) is 35.3 Å². The summed E-state index contributed by atoms with van der Waals surface area (Å²) in [4.78, 5) is 6.57. The van der Waals surface area contributed by atoms with Gasteiger partial charge in [-0.1, -0.05) is 18.2 Å². The molecule has 3 atom stereocenters. The lowest BCUT2D eigenvalue weighted by Gasteiger charge is -2.18. The van der Waals surface area contributed by atoms with E-state index in [0.717, 1.165) is 12.0 Å². The van der Waals surface area contributed by atoms with Gasteiger partial charge in [-0.05, 0) is 29.7 Å². The number of aliphatic hydroxyl groups is 1. The molecule has 0 radical (unpaired) electrons. The maximum Gasteiger partial charge on any atom is 0.108 e. The van der Waals surface area contributed by atoms with Crippen molar-refractivity contribution < 1.29 is 5.11 Å². The number of aliphatic hydroxyl groups excluding tert-OH is 1. The summed E-state index contributed by atoms with van der Waals surface area (Å²) in [6, 6.07) is 8.45. The highest BCUT2D eigenvalue weighted by Gasteiger charge is 2.32. The van der Waals surface area contributed by atoms with E-state index in [1.807, 2.05) is 20.3 Å². The molecular weight excluding hydrogens is 238 g/mol. The number of rotatable bonds is 2. The number of hydrogen-bond donors (Lipinski definition) is 2. The average molecular weight is 257 g/mol. The normalized spacial score (nSPS) is 29.0. The van der Waals surface area contributed by atoms with Crippen molar-refractivity contribution in [2.24, 2.45) is 10.9 Å². The van der Waals surface area contributed by atoms with Crippen LogP contribution in [0.3, 0.4) is 0 Å². The molecular formula is C15H19N3O. The number of dihydropyridines is 1. The molecule has 2 aliphatic heterocycles. The Labute approximate surface area is 113 Å². The number of allylic oxidation sites excluding steroid dienone is 1. The van der Waals surface area contributed by atoms with Crippen LogP contribution in [-0.2, 0) is 0 Å². The van der Waals surface area contributed by atoms with Crippen molar-refractivity contribution in [3.8, 4) is 0 Å². The molecule has 3 unspecified atom stereocenters. The van der Waals surface area contributed by atoms with E-state index in [-0.39, 0.29) is 6.17 Å². The fraction of sp³-hybridized carbons (Fsp3) is 0.400. The Kier molecular flexibility index (Phi) is 3.12. The molecule has 1 aromatic carbocycles. The molecule has 0 saturated carbocycles. The van der Waals surface area contributed by atoms with E-state index >= 15 is 0 Å². The van der Waals surface area contributed by atoms with Crippen molar-refractivity contribution in [3.63, 3.8) is 0 Å². The third-order valence-corrected chi connectivity index (χ3v) is 3.75. The topological polar surface area (TPSA) is 47.9 Å². The van der Waals surface area contributed by atoms with E-state index in [0.29, 0.717) is 5.92 Å². The first kappa shape index (κ1) is 12.4. The molecule has 1 saturated heterocycles. The molecule has 0 aromatic heterocycles. The van der Waals surface area contributed by atoms with Gasteiger partial charge >= 0.3 is 0 Å². The molecule has 2 N–H and O–H groups in total. The molecule has 0 aliphatic carbocycles. The maximum absolute atomic E-state index is 9.59. The zero-order chi connectivity index (χ0) is 13.4. The smallest absolute Gasteiger partial charge is 0.108 e. The van der Waals surface area contributed by atoms with Gasteiger partial charge in [0.25, 0.3) is 0 Å². The summed E-state index contributed by atoms with van der Waals surface area (Å²) >= 11 is 0. The van der Waals surface area contributed by atoms with Gasteiger partial charge in [-0.3, -0.25) is 10.3 Å². The Morgan fingerprint density at radius 1 is 1.26 bits per heavy atom. The van der Waals surface area contributed by atoms with Gasteiger partial charge in [0.15, 0.2) is 0 Å². The van der Waals surface area contributed by atoms with Crippen molar-refractivity contribution in [3.05, 3.63) is 35.9 Å². The SMILES string of the molecule is CN(C)c1ccc(C2=CC3CC(O)NC3N=C2)cc1. The Bertz CT molecular complexity index is 519. The molecule has 1 fully saturated rings. The van der Waals surface area contributed by atoms with Crippen LogP contribution in [0.4, 0.5) is 5.69 Å². The molecule has 0 amide bonds. The molecule has 0 bridgehead atoms. The molecule has 4 heteroatoms. The highest BCUT2D eigenvalue weighted by molar-refractivity contribution is 6.10. The van der Waals surface area contributed by atoms with Crippen LogP contribution in [0.25, 0.3) is 5.57 Å². The van der Waals surface area contributed by atoms with Crippen molar-refractivity contribution >= 4 is 17.5 Å². The van der Waals surface area contributed by atoms with Crippen LogP contribution in [0.5, 0.6) is 0 Å². The van der Waals surface area contributed by atoms with Gasteiger partial charge in [-0.2, -0.15) is 0 Å². The molecule has 2 heterocycles. The Balaban J connectivity index is 1.83. The Hall–Kier alpha value is -1.65. The lowest BCUT2D eigenvalue weighted by molar-refractivity contribution is 0.154. The summed E-state index contributed by atoms with van der Waals surface area (Å²) < 4.78 is 0. The standard InChI is InChI=1S/C15H19N3O/c1-18(2)13-5-3-10(4-6-13)12-7-11-8-14(19)17-15(11)16-9-12/h3-7,9,11,14-15,17,19H,8H2,1-2H3. The van der Waals surface area contributed by atoms with Crippen LogP contribution < -0.4 is 10.2 Å². The molecule has 2 aliphatic rings. The van der Waals surface area contributed by atoms with E-state index in [4.69, 9.17) is 0 Å². The van der Waals surface area contributed by atoms with Gasteiger partial charge in [-0.25, -0.2) is 0 Å². The Morgan fingerprint density at radius 2 is 2.00 bits per heavy atom. The van der Waals surface area contributed by atoms with Gasteiger partial charge < -0.3 is 10.0 Å². The summed E-state index contributed by atoms with van der Waals surface area (Å²) in [6.07, 6.45) is 4.46. The Morgan fingerprint density at radius 3 is 2.68 bits per heavy atom. The average Bonchev–Trinajstić information content (AvgIpc) is 2.77. The summed E-state index contributed by atoms with van der Waals surface area (Å²) in [5.74, 6) is 0.295. The van der Waals surface area contributed by atoms with Crippen molar-refractivity contribution in [1.29, 1.82) is 0 Å². The minimum atomic E-state index is -0.432. The van der Waals surface area contributed by atoms with E-state index in [1.165, 1.54) is 11.3 Å². The number of aliphatic imine (C=N–C) groups is 1. The zero-order valence-electron chi connectivity index (χ0n) is 11.2. The third-order valence-electron chi connectivity index (χ3n) is 3.75. The largest absolute Gasteiger partial charge is 0.379 e. The van der Waals surface area contributed by atoms with Crippen LogP contribution in [0.2, 0.25) is 0 Å². The number of fused-ring (bicyclic) bond motifs is 1. The number of nitrogens with one attached hydrogen (secondary N) is 1. The zero-order valence-corrected chi connectivity index (χ0v) is 11.2. The number of benzene rings is 1. The first-order chi connectivity index (χ1) is 9.13. The van der Waals surface area contributed by atoms with Gasteiger partial charge in [0.05, 0.1) is 0 Å². The molecule has 1 aromatic rings. The van der Waals surface area contributed by atoms with Gasteiger partial charge in [0, 0.05) is 31.9 Å². The minimum absolute atomic E-state index is 0.0415. The highest BCUT2D eigenvalue weighted by atomic mass is 16.3. The van der Waals surface area contributed by atoms with Crippen LogP contribution in [0.1, 0.15) is 12.0 Å². The van der Waals surface area contributed by atoms with Crippen LogP contribution in [-0.4, -0.2) is 37.8 Å². The molecule has 0 spiro atoms. The van der Waals surface area contributed by atoms with Crippen LogP contribution in [0, 0.1) is 5.92 Å². The fourth-order valence-electron chi connectivity index (χ4n) is 2.65. The maximum atomic E-state index is 9.59. The fourth-order valence-corrected chi connectivity index (χ4v) is 2.65. The number of anilines is 1. The van der Waals surface area contributed by atoms with E-state index in [1.54, 1.807) is 0 Å². The van der Waals surface area contributed by atoms with Crippen molar-refractivity contribution in [2.45, 2.75) is 18.8 Å². The third kappa shape index (κ3) is 2.41. The minimum Gasteiger partial charge on any atom is -0.379 e. The van der Waals surface area contributed by atoms with Gasteiger partial charge in [-0.15, -0.1) is 0 Å². The summed E-state index contributed by atoms with van der Waals surface area (Å²) in [5.41, 5.74) is 3.50. The van der Waals surface area contributed by atoms with E-state index < -0.39 is 6.23 Å². The lowest BCUT2D eigenvalue weighted by Crippen LogP contribution is -2.30. The lowest BCUT2D eigenvalue weighted by atomic mass is 9.95. The van der Waals surface area contributed by atoms with Crippen LogP contribution >= 0.6 is 0 Å². The van der Waals surface area contributed by atoms with Gasteiger partial charge in [0.1, 0.15) is 12.4 Å².